The lowest BCUT2D eigenvalue weighted by molar-refractivity contribution is 1.27. The van der Waals surface area contributed by atoms with E-state index in [9.17, 15) is 0 Å². The highest BCUT2D eigenvalue weighted by atomic mass is 13.9. The first kappa shape index (κ1) is 12.2. The van der Waals surface area contributed by atoms with Crippen molar-refractivity contribution in [1.29, 1.82) is 0 Å². The van der Waals surface area contributed by atoms with Gasteiger partial charge in [0, 0.05) is 11.1 Å². The molecule has 88 valence electrons. The second kappa shape index (κ2) is 5.89. The quantitative estimate of drug-likeness (QED) is 0.539. The smallest absolute Gasteiger partial charge is 0.0251 e. The Hall–Kier alpha value is -2.26. The van der Waals surface area contributed by atoms with Crippen LogP contribution >= 0.6 is 0 Å². The molecule has 0 aliphatic heterocycles. The van der Waals surface area contributed by atoms with Crippen molar-refractivity contribution < 1.29 is 0 Å². The molecule has 0 fully saturated rings. The third kappa shape index (κ3) is 3.37. The normalized spacial score (nSPS) is 9.39. The summed E-state index contributed by atoms with van der Waals surface area (Å²) in [5.74, 6) is 6.36. The Morgan fingerprint density at radius 1 is 1.00 bits per heavy atom. The average Bonchev–Trinajstić information content (AvgIpc) is 2.38. The maximum Gasteiger partial charge on any atom is 0.0251 e. The summed E-state index contributed by atoms with van der Waals surface area (Å²) in [7, 11) is 0. The number of benzene rings is 2. The second-order valence-electron chi connectivity index (χ2n) is 4.31. The van der Waals surface area contributed by atoms with Gasteiger partial charge in [0.1, 0.15) is 0 Å². The average molecular weight is 232 g/mol. The lowest BCUT2D eigenvalue weighted by Crippen LogP contribution is -1.81. The summed E-state index contributed by atoms with van der Waals surface area (Å²) in [5, 5.41) is 0. The predicted molar refractivity (Wildman–Crippen MR) is 77.5 cm³/mol. The molecule has 0 N–H and O–H groups in total. The fraction of sp³-hybridized carbons (Fsp3) is 0.111. The molecule has 0 bridgehead atoms. The molecule has 18 heavy (non-hydrogen) atoms. The van der Waals surface area contributed by atoms with Crippen LogP contribution in [0.3, 0.4) is 0 Å². The van der Waals surface area contributed by atoms with Gasteiger partial charge in [0.05, 0.1) is 0 Å². The standard InChI is InChI=1S/C18H16/c1-3-5-16-8-10-17(11-9-16)12-13-18-7-4-6-15(2)14-18/h3-4,6-11,14H,1,5H2,2H3. The Balaban J connectivity index is 2.17. The van der Waals surface area contributed by atoms with Crippen molar-refractivity contribution >= 4 is 0 Å². The van der Waals surface area contributed by atoms with Crippen LogP contribution in [-0.4, -0.2) is 0 Å². The van der Waals surface area contributed by atoms with Gasteiger partial charge >= 0.3 is 0 Å². The molecule has 2 rings (SSSR count). The van der Waals surface area contributed by atoms with Gasteiger partial charge in [-0.25, -0.2) is 0 Å². The molecule has 0 unspecified atom stereocenters. The Morgan fingerprint density at radius 3 is 2.39 bits per heavy atom. The molecular weight excluding hydrogens is 216 g/mol. The van der Waals surface area contributed by atoms with E-state index in [4.69, 9.17) is 0 Å². The van der Waals surface area contributed by atoms with Crippen LogP contribution in [0, 0.1) is 18.8 Å². The third-order valence-electron chi connectivity index (χ3n) is 2.70. The van der Waals surface area contributed by atoms with Crippen molar-refractivity contribution in [1.82, 2.24) is 0 Å². The van der Waals surface area contributed by atoms with E-state index in [0.717, 1.165) is 17.5 Å². The molecule has 0 saturated heterocycles. The minimum Gasteiger partial charge on any atom is -0.103 e. The van der Waals surface area contributed by atoms with E-state index in [2.05, 4.69) is 61.7 Å². The number of hydrogen-bond acceptors (Lipinski definition) is 0. The van der Waals surface area contributed by atoms with Crippen LogP contribution in [0.2, 0.25) is 0 Å². The molecule has 2 aromatic carbocycles. The van der Waals surface area contributed by atoms with Crippen LogP contribution in [0.1, 0.15) is 22.3 Å². The van der Waals surface area contributed by atoms with Crippen molar-refractivity contribution in [3.05, 3.63) is 83.4 Å². The first-order valence-corrected chi connectivity index (χ1v) is 6.06. The molecule has 2 aromatic rings. The Bertz CT molecular complexity index is 592. The van der Waals surface area contributed by atoms with Crippen molar-refractivity contribution in [3.63, 3.8) is 0 Å². The lowest BCUT2D eigenvalue weighted by atomic mass is 10.1. The highest BCUT2D eigenvalue weighted by Gasteiger charge is 1.90. The number of hydrogen-bond donors (Lipinski definition) is 0. The number of aryl methyl sites for hydroxylation is 1. The molecule has 0 nitrogen and oxygen atoms in total. The van der Waals surface area contributed by atoms with E-state index in [1.54, 1.807) is 0 Å². The molecule has 0 atom stereocenters. The molecule has 0 heteroatoms. The van der Waals surface area contributed by atoms with Gasteiger partial charge < -0.3 is 0 Å². The Labute approximate surface area is 109 Å². The summed E-state index contributed by atoms with van der Waals surface area (Å²) in [6, 6.07) is 16.6. The summed E-state index contributed by atoms with van der Waals surface area (Å²) in [6.45, 7) is 5.81. The van der Waals surface area contributed by atoms with Crippen LogP contribution in [0.25, 0.3) is 0 Å². The van der Waals surface area contributed by atoms with Gasteiger partial charge in [0.15, 0.2) is 0 Å². The summed E-state index contributed by atoms with van der Waals surface area (Å²) in [4.78, 5) is 0. The molecule has 0 aliphatic rings. The highest BCUT2D eigenvalue weighted by molar-refractivity contribution is 5.44. The van der Waals surface area contributed by atoms with Gasteiger partial charge in [0.25, 0.3) is 0 Å². The second-order valence-corrected chi connectivity index (χ2v) is 4.31. The first-order chi connectivity index (χ1) is 8.78. The monoisotopic (exact) mass is 232 g/mol. The largest absolute Gasteiger partial charge is 0.103 e. The maximum absolute atomic E-state index is 3.73. The van der Waals surface area contributed by atoms with Crippen LogP contribution in [0.4, 0.5) is 0 Å². The van der Waals surface area contributed by atoms with Gasteiger partial charge in [-0.2, -0.15) is 0 Å². The fourth-order valence-corrected chi connectivity index (χ4v) is 1.76. The zero-order valence-corrected chi connectivity index (χ0v) is 10.6. The van der Waals surface area contributed by atoms with E-state index in [-0.39, 0.29) is 0 Å². The van der Waals surface area contributed by atoms with Crippen molar-refractivity contribution in [2.24, 2.45) is 0 Å². The maximum atomic E-state index is 3.73. The summed E-state index contributed by atoms with van der Waals surface area (Å²) in [6.07, 6.45) is 2.82. The summed E-state index contributed by atoms with van der Waals surface area (Å²) >= 11 is 0. The molecular formula is C18H16. The van der Waals surface area contributed by atoms with Crippen molar-refractivity contribution in [2.75, 3.05) is 0 Å². The number of rotatable bonds is 2. The minimum absolute atomic E-state index is 0.908. The van der Waals surface area contributed by atoms with E-state index >= 15 is 0 Å². The Kier molecular flexibility index (Phi) is 3.99. The van der Waals surface area contributed by atoms with Crippen molar-refractivity contribution in [2.45, 2.75) is 13.3 Å². The molecule has 0 spiro atoms. The Morgan fingerprint density at radius 2 is 1.72 bits per heavy atom. The zero-order chi connectivity index (χ0) is 12.8. The lowest BCUT2D eigenvalue weighted by Gasteiger charge is -1.96. The molecule has 0 aromatic heterocycles. The number of allylic oxidation sites excluding steroid dienone is 1. The van der Waals surface area contributed by atoms with E-state index in [0.29, 0.717) is 0 Å². The van der Waals surface area contributed by atoms with Crippen LogP contribution < -0.4 is 0 Å². The molecule has 0 heterocycles. The van der Waals surface area contributed by atoms with E-state index in [1.807, 2.05) is 18.2 Å². The molecule has 0 amide bonds. The SMILES string of the molecule is C=CCc1ccc(C#Cc2cccc(C)c2)cc1. The van der Waals surface area contributed by atoms with Crippen LogP contribution in [-0.2, 0) is 6.42 Å². The van der Waals surface area contributed by atoms with Crippen molar-refractivity contribution in [3.8, 4) is 11.8 Å². The molecule has 0 saturated carbocycles. The van der Waals surface area contributed by atoms with Gasteiger partial charge in [-0.05, 0) is 48.7 Å². The predicted octanol–water partition coefficient (Wildman–Crippen LogP) is 4.12. The summed E-state index contributed by atoms with van der Waals surface area (Å²) in [5.41, 5.74) is 4.61. The van der Waals surface area contributed by atoms with Gasteiger partial charge in [-0.1, -0.05) is 42.2 Å². The molecule has 0 radical (unpaired) electrons. The third-order valence-corrected chi connectivity index (χ3v) is 2.70. The minimum atomic E-state index is 0.908. The van der Waals surface area contributed by atoms with Gasteiger partial charge in [-0.15, -0.1) is 6.58 Å². The molecule has 0 aliphatic carbocycles. The highest BCUT2D eigenvalue weighted by Crippen LogP contribution is 2.06. The van der Waals surface area contributed by atoms with Gasteiger partial charge in [0.2, 0.25) is 0 Å². The van der Waals surface area contributed by atoms with Gasteiger partial charge in [-0.3, -0.25) is 0 Å². The topological polar surface area (TPSA) is 0 Å². The van der Waals surface area contributed by atoms with Crippen LogP contribution in [0.5, 0.6) is 0 Å². The fourth-order valence-electron chi connectivity index (χ4n) is 1.76. The zero-order valence-electron chi connectivity index (χ0n) is 10.6. The van der Waals surface area contributed by atoms with E-state index in [1.165, 1.54) is 11.1 Å². The van der Waals surface area contributed by atoms with Crippen LogP contribution in [0.15, 0.2) is 61.2 Å². The first-order valence-electron chi connectivity index (χ1n) is 6.06. The van der Waals surface area contributed by atoms with E-state index < -0.39 is 0 Å². The summed E-state index contributed by atoms with van der Waals surface area (Å²) < 4.78 is 0.